The molecular weight excluding hydrogens is 528 g/mol. The van der Waals surface area contributed by atoms with E-state index in [9.17, 15) is 0 Å². The Morgan fingerprint density at radius 2 is 0.386 bits per heavy atom. The van der Waals surface area contributed by atoms with Gasteiger partial charge in [0.1, 0.15) is 0 Å². The molecule has 0 fully saturated rings. The van der Waals surface area contributed by atoms with E-state index in [0.717, 1.165) is 25.7 Å². The van der Waals surface area contributed by atoms with E-state index in [1.54, 1.807) is 22.3 Å². The van der Waals surface area contributed by atoms with Crippen LogP contribution in [0.15, 0.2) is 97.1 Å². The van der Waals surface area contributed by atoms with Crippen molar-refractivity contribution in [2.75, 3.05) is 0 Å². The molecule has 44 heavy (non-hydrogen) atoms. The molecule has 0 unspecified atom stereocenters. The second-order valence-electron chi connectivity index (χ2n) is 13.7. The second-order valence-corrected chi connectivity index (χ2v) is 13.7. The van der Waals surface area contributed by atoms with E-state index in [-0.39, 0.29) is 0 Å². The van der Waals surface area contributed by atoms with Crippen LogP contribution in [0.5, 0.6) is 0 Å². The molecular formula is C44H24. The van der Waals surface area contributed by atoms with Gasteiger partial charge in [-0.05, 0) is 156 Å². The van der Waals surface area contributed by atoms with Crippen molar-refractivity contribution >= 4 is 108 Å². The van der Waals surface area contributed by atoms with E-state index in [0.29, 0.717) is 0 Å². The number of hydrogen-bond donors (Lipinski definition) is 0. The number of fused-ring (bicyclic) bond motifs is 6. The molecule has 0 aromatic heterocycles. The Bertz CT molecular complexity index is 2720. The fourth-order valence-electron chi connectivity index (χ4n) is 10.4. The smallest absolute Gasteiger partial charge is 0.00109 e. The van der Waals surface area contributed by atoms with Gasteiger partial charge in [0.25, 0.3) is 0 Å². The van der Waals surface area contributed by atoms with Gasteiger partial charge in [0, 0.05) is 0 Å². The van der Waals surface area contributed by atoms with Crippen LogP contribution in [-0.4, -0.2) is 0 Å². The zero-order chi connectivity index (χ0) is 28.0. The normalized spacial score (nSPS) is 14.9. The van der Waals surface area contributed by atoms with E-state index in [1.807, 2.05) is 0 Å². The van der Waals surface area contributed by atoms with Gasteiger partial charge in [-0.1, -0.05) is 97.1 Å². The first kappa shape index (κ1) is 21.5. The third kappa shape index (κ3) is 2.13. The highest BCUT2D eigenvalue weighted by Crippen LogP contribution is 2.53. The van der Waals surface area contributed by atoms with Gasteiger partial charge in [-0.25, -0.2) is 0 Å². The molecule has 0 heterocycles. The summed E-state index contributed by atoms with van der Waals surface area (Å²) < 4.78 is 0. The molecule has 12 aromatic rings. The first-order valence-corrected chi connectivity index (χ1v) is 16.2. The summed E-state index contributed by atoms with van der Waals surface area (Å²) in [5, 5.41) is 29.2. The van der Waals surface area contributed by atoms with Crippen LogP contribution in [-0.2, 0) is 25.7 Å². The molecule has 13 rings (SSSR count). The van der Waals surface area contributed by atoms with Crippen molar-refractivity contribution in [3.8, 4) is 0 Å². The van der Waals surface area contributed by atoms with Crippen LogP contribution in [0.2, 0.25) is 0 Å². The van der Waals surface area contributed by atoms with E-state index in [4.69, 9.17) is 0 Å². The molecule has 0 amide bonds. The van der Waals surface area contributed by atoms with Gasteiger partial charge in [-0.3, -0.25) is 0 Å². The highest BCUT2D eigenvalue weighted by molar-refractivity contribution is 6.46. The fourth-order valence-corrected chi connectivity index (χ4v) is 10.4. The molecule has 0 bridgehead atoms. The largest absolute Gasteiger partial charge is 0.0537 e. The lowest BCUT2D eigenvalue weighted by molar-refractivity contribution is 0.864. The second kappa shape index (κ2) is 6.79. The van der Waals surface area contributed by atoms with Gasteiger partial charge in [0.15, 0.2) is 0 Å². The molecule has 0 radical (unpaired) electrons. The third-order valence-electron chi connectivity index (χ3n) is 12.1. The zero-order valence-corrected chi connectivity index (χ0v) is 24.1. The van der Waals surface area contributed by atoms with Gasteiger partial charge in [0.05, 0.1) is 0 Å². The lowest BCUT2D eigenvalue weighted by Gasteiger charge is -2.24. The van der Waals surface area contributed by atoms with Crippen LogP contribution in [0.3, 0.4) is 0 Å². The zero-order valence-electron chi connectivity index (χ0n) is 24.1. The Hall–Kier alpha value is -5.20. The SMILES string of the molecule is c1cc2ccc3c4c(c5ccc6ccc1c1c2c3c5c61)CCc1c(c2ccc3ccc5ccc6ccc1c1c6c5c3c21)CC4. The topological polar surface area (TPSA) is 0 Å². The Morgan fingerprint density at radius 1 is 0.205 bits per heavy atom. The van der Waals surface area contributed by atoms with Gasteiger partial charge in [-0.15, -0.1) is 0 Å². The maximum absolute atomic E-state index is 2.46. The van der Waals surface area contributed by atoms with Crippen LogP contribution in [0, 0.1) is 0 Å². The predicted molar refractivity (Wildman–Crippen MR) is 190 cm³/mol. The van der Waals surface area contributed by atoms with Gasteiger partial charge < -0.3 is 0 Å². The van der Waals surface area contributed by atoms with E-state index < -0.39 is 0 Å². The minimum Gasteiger partial charge on any atom is -0.0537 e. The van der Waals surface area contributed by atoms with Gasteiger partial charge in [-0.2, -0.15) is 0 Å². The van der Waals surface area contributed by atoms with Crippen molar-refractivity contribution in [1.29, 1.82) is 0 Å². The summed E-state index contributed by atoms with van der Waals surface area (Å²) in [6.45, 7) is 0. The lowest BCUT2D eigenvalue weighted by atomic mass is 9.80. The Labute approximate surface area is 252 Å². The van der Waals surface area contributed by atoms with E-state index >= 15 is 0 Å². The third-order valence-corrected chi connectivity index (χ3v) is 12.1. The molecule has 1 aliphatic carbocycles. The Balaban J connectivity index is 1.17. The molecule has 0 N–H and O–H groups in total. The molecule has 0 spiro atoms. The summed E-state index contributed by atoms with van der Waals surface area (Å²) in [4.78, 5) is 0. The Kier molecular flexibility index (Phi) is 3.32. The number of hydrogen-bond acceptors (Lipinski definition) is 0. The molecule has 1 aliphatic rings. The van der Waals surface area contributed by atoms with Crippen molar-refractivity contribution < 1.29 is 0 Å². The Morgan fingerprint density at radius 3 is 0.614 bits per heavy atom. The van der Waals surface area contributed by atoms with Crippen molar-refractivity contribution in [2.45, 2.75) is 25.7 Å². The summed E-state index contributed by atoms with van der Waals surface area (Å²) in [5.41, 5.74) is 6.37. The molecule has 0 saturated carbocycles. The van der Waals surface area contributed by atoms with Crippen molar-refractivity contribution in [1.82, 2.24) is 0 Å². The number of aryl methyl sites for hydroxylation is 4. The first-order chi connectivity index (χ1) is 21.8. The van der Waals surface area contributed by atoms with E-state index in [2.05, 4.69) is 97.1 Å². The molecule has 0 saturated heterocycles. The summed E-state index contributed by atoms with van der Waals surface area (Å²) in [5.74, 6) is 0. The standard InChI is InChI=1S/C44H24/c1-5-23-9-13-31-27-17-19-29-30(20-18-28(27)32-14-10-24-6-2-21(1)35-37(23)41(31)42(32)38(24)35)34-16-12-26-8-4-22-3-7-25-11-15-33(29)43-39(25)36(22)40(26)44(34)43/h1-16H,17-20H2. The number of benzene rings is 10. The van der Waals surface area contributed by atoms with E-state index in [1.165, 1.54) is 108 Å². The van der Waals surface area contributed by atoms with Crippen LogP contribution < -0.4 is 0 Å². The number of rotatable bonds is 0. The fraction of sp³-hybridized carbons (Fsp3) is 0.0909. The summed E-state index contributed by atoms with van der Waals surface area (Å²) in [6, 6.07) is 38.1. The average Bonchev–Trinajstić information content (AvgIpc) is 3.61. The van der Waals surface area contributed by atoms with Gasteiger partial charge in [0.2, 0.25) is 0 Å². The minimum absolute atomic E-state index is 1.09. The van der Waals surface area contributed by atoms with Crippen molar-refractivity contribution in [3.63, 3.8) is 0 Å². The summed E-state index contributed by atoms with van der Waals surface area (Å²) in [6.07, 6.45) is 4.34. The molecule has 0 atom stereocenters. The predicted octanol–water partition coefficient (Wildman–Crippen LogP) is 11.7. The average molecular weight is 553 g/mol. The monoisotopic (exact) mass is 552 g/mol. The quantitative estimate of drug-likeness (QED) is 0.164. The van der Waals surface area contributed by atoms with Crippen LogP contribution in [0.25, 0.3) is 108 Å². The van der Waals surface area contributed by atoms with Crippen molar-refractivity contribution in [3.05, 3.63) is 119 Å². The maximum atomic E-state index is 2.46. The highest BCUT2D eigenvalue weighted by atomic mass is 14.3. The summed E-state index contributed by atoms with van der Waals surface area (Å²) in [7, 11) is 0. The van der Waals surface area contributed by atoms with Crippen LogP contribution >= 0.6 is 0 Å². The molecule has 0 nitrogen and oxygen atoms in total. The van der Waals surface area contributed by atoms with Crippen LogP contribution in [0.4, 0.5) is 0 Å². The summed E-state index contributed by atoms with van der Waals surface area (Å²) >= 11 is 0. The maximum Gasteiger partial charge on any atom is -0.00109 e. The molecule has 200 valence electrons. The lowest BCUT2D eigenvalue weighted by Crippen LogP contribution is -2.09. The highest BCUT2D eigenvalue weighted by Gasteiger charge is 2.28. The first-order valence-electron chi connectivity index (χ1n) is 16.2. The van der Waals surface area contributed by atoms with Gasteiger partial charge >= 0.3 is 0 Å². The minimum atomic E-state index is 1.09. The van der Waals surface area contributed by atoms with Crippen molar-refractivity contribution in [2.24, 2.45) is 0 Å². The molecule has 12 aromatic carbocycles. The molecule has 0 aliphatic heterocycles. The molecule has 0 heteroatoms. The van der Waals surface area contributed by atoms with Crippen LogP contribution in [0.1, 0.15) is 22.3 Å².